The van der Waals surface area contributed by atoms with Gasteiger partial charge in [-0.25, -0.2) is 8.70 Å². The molecule has 0 aliphatic carbocycles. The van der Waals surface area contributed by atoms with Gasteiger partial charge >= 0.3 is 10.2 Å². The number of aryl methyl sites for hydroxylation is 1. The van der Waals surface area contributed by atoms with Gasteiger partial charge in [0.2, 0.25) is 11.8 Å². The molecule has 1 N–H and O–H groups in total. The second-order valence-electron chi connectivity index (χ2n) is 10.6. The first-order valence-electron chi connectivity index (χ1n) is 13.5. The maximum absolute atomic E-state index is 14.2. The second kappa shape index (κ2) is 14.2. The van der Waals surface area contributed by atoms with Crippen LogP contribution in [0.25, 0.3) is 0 Å². The van der Waals surface area contributed by atoms with Gasteiger partial charge in [-0.2, -0.15) is 12.7 Å². The minimum Gasteiger partial charge on any atom is -0.354 e. The summed E-state index contributed by atoms with van der Waals surface area (Å²) in [6.07, 6.45) is 0.235. The predicted molar refractivity (Wildman–Crippen MR) is 160 cm³/mol. The standard InChI is InChI=1S/C31H39FN4O4S/c1-23(2)20-33-31(38)29(19-25-12-7-6-8-13-25)35(21-26-14-10-9-11-24(26)3)30(37)22-36(41(39,40)34(4)5)28-17-15-27(32)16-18-28/h6-18,23,29H,19-22H2,1-5H3,(H,33,38)/t29-/m1/s1. The SMILES string of the molecule is Cc1ccccc1CN(C(=O)CN(c1ccc(F)cc1)S(=O)(=O)N(C)C)[C@H](Cc1ccccc1)C(=O)NCC(C)C. The minimum atomic E-state index is -4.14. The number of nitrogens with one attached hydrogen (secondary N) is 1. The highest BCUT2D eigenvalue weighted by Crippen LogP contribution is 2.23. The maximum atomic E-state index is 14.2. The van der Waals surface area contributed by atoms with E-state index in [0.29, 0.717) is 6.54 Å². The van der Waals surface area contributed by atoms with Crippen molar-refractivity contribution in [3.8, 4) is 0 Å². The molecule has 0 bridgehead atoms. The Morgan fingerprint density at radius 2 is 1.51 bits per heavy atom. The van der Waals surface area contributed by atoms with Crippen LogP contribution < -0.4 is 9.62 Å². The molecule has 220 valence electrons. The molecule has 3 aromatic rings. The molecule has 0 aliphatic rings. The first-order valence-corrected chi connectivity index (χ1v) is 14.9. The van der Waals surface area contributed by atoms with E-state index in [2.05, 4.69) is 5.32 Å². The van der Waals surface area contributed by atoms with Crippen LogP contribution in [0.4, 0.5) is 10.1 Å². The normalized spacial score (nSPS) is 12.3. The zero-order valence-electron chi connectivity index (χ0n) is 24.2. The quantitative estimate of drug-likeness (QED) is 0.328. The zero-order valence-corrected chi connectivity index (χ0v) is 25.1. The lowest BCUT2D eigenvalue weighted by atomic mass is 10.0. The molecule has 0 fully saturated rings. The summed E-state index contributed by atoms with van der Waals surface area (Å²) in [7, 11) is -1.42. The van der Waals surface area contributed by atoms with Gasteiger partial charge in [0.1, 0.15) is 18.4 Å². The highest BCUT2D eigenvalue weighted by atomic mass is 32.2. The van der Waals surface area contributed by atoms with Crippen molar-refractivity contribution in [3.63, 3.8) is 0 Å². The molecular weight excluding hydrogens is 543 g/mol. The number of halogens is 1. The number of hydrogen-bond acceptors (Lipinski definition) is 4. The van der Waals surface area contributed by atoms with E-state index in [-0.39, 0.29) is 30.5 Å². The molecule has 3 rings (SSSR count). The van der Waals surface area contributed by atoms with Crippen molar-refractivity contribution >= 4 is 27.7 Å². The molecule has 8 nitrogen and oxygen atoms in total. The average molecular weight is 583 g/mol. The predicted octanol–water partition coefficient (Wildman–Crippen LogP) is 4.16. The van der Waals surface area contributed by atoms with Gasteiger partial charge in [-0.15, -0.1) is 0 Å². The smallest absolute Gasteiger partial charge is 0.304 e. The van der Waals surface area contributed by atoms with Gasteiger partial charge in [-0.05, 0) is 53.8 Å². The Morgan fingerprint density at radius 1 is 0.902 bits per heavy atom. The Labute approximate surface area is 243 Å². The van der Waals surface area contributed by atoms with Crippen molar-refractivity contribution in [2.45, 2.75) is 39.8 Å². The minimum absolute atomic E-state index is 0.0946. The molecule has 2 amide bonds. The van der Waals surface area contributed by atoms with Gasteiger partial charge < -0.3 is 10.2 Å². The summed E-state index contributed by atoms with van der Waals surface area (Å²) in [4.78, 5) is 29.3. The third kappa shape index (κ3) is 8.61. The van der Waals surface area contributed by atoms with E-state index in [9.17, 15) is 22.4 Å². The molecule has 0 saturated carbocycles. The van der Waals surface area contributed by atoms with Crippen molar-refractivity contribution in [2.75, 3.05) is 31.5 Å². The van der Waals surface area contributed by atoms with Gasteiger partial charge in [0.15, 0.2) is 0 Å². The summed E-state index contributed by atoms with van der Waals surface area (Å²) in [5.74, 6) is -1.24. The van der Waals surface area contributed by atoms with Crippen LogP contribution in [0.5, 0.6) is 0 Å². The van der Waals surface area contributed by atoms with Gasteiger partial charge in [-0.1, -0.05) is 68.4 Å². The lowest BCUT2D eigenvalue weighted by Crippen LogP contribution is -2.54. The fraction of sp³-hybridized carbons (Fsp3) is 0.355. The molecule has 0 unspecified atom stereocenters. The molecule has 0 aromatic heterocycles. The summed E-state index contributed by atoms with van der Waals surface area (Å²) >= 11 is 0. The number of carbonyl (C=O) groups is 2. The fourth-order valence-electron chi connectivity index (χ4n) is 4.27. The van der Waals surface area contributed by atoms with E-state index >= 15 is 0 Å². The van der Waals surface area contributed by atoms with Crippen molar-refractivity contribution < 1.29 is 22.4 Å². The van der Waals surface area contributed by atoms with Gasteiger partial charge in [0, 0.05) is 33.6 Å². The molecular formula is C31H39FN4O4S. The molecule has 0 saturated heterocycles. The second-order valence-corrected chi connectivity index (χ2v) is 12.6. The van der Waals surface area contributed by atoms with E-state index in [1.807, 2.05) is 75.4 Å². The first-order chi connectivity index (χ1) is 19.4. The third-order valence-electron chi connectivity index (χ3n) is 6.69. The molecule has 3 aromatic carbocycles. The molecule has 0 heterocycles. The Bertz CT molecular complexity index is 1410. The summed E-state index contributed by atoms with van der Waals surface area (Å²) in [5, 5.41) is 2.96. The van der Waals surface area contributed by atoms with Crippen LogP contribution in [-0.2, 0) is 32.8 Å². The highest BCUT2D eigenvalue weighted by Gasteiger charge is 2.35. The van der Waals surface area contributed by atoms with Crippen molar-refractivity contribution in [1.82, 2.24) is 14.5 Å². The summed E-state index contributed by atoms with van der Waals surface area (Å²) < 4.78 is 42.4. The van der Waals surface area contributed by atoms with Crippen LogP contribution >= 0.6 is 0 Å². The molecule has 0 radical (unpaired) electrons. The molecule has 41 heavy (non-hydrogen) atoms. The molecule has 1 atom stereocenters. The monoisotopic (exact) mass is 582 g/mol. The van der Waals surface area contributed by atoms with Crippen molar-refractivity contribution in [3.05, 3.63) is 101 Å². The lowest BCUT2D eigenvalue weighted by molar-refractivity contribution is -0.140. The van der Waals surface area contributed by atoms with Crippen LogP contribution in [-0.4, -0.2) is 62.7 Å². The van der Waals surface area contributed by atoms with E-state index in [1.54, 1.807) is 0 Å². The van der Waals surface area contributed by atoms with Crippen molar-refractivity contribution in [1.29, 1.82) is 0 Å². The number of hydrogen-bond donors (Lipinski definition) is 1. The Kier molecular flexibility index (Phi) is 11.0. The fourth-order valence-corrected chi connectivity index (χ4v) is 5.33. The molecule has 0 aliphatic heterocycles. The number of carbonyl (C=O) groups excluding carboxylic acids is 2. The van der Waals surface area contributed by atoms with Gasteiger partial charge in [-0.3, -0.25) is 9.59 Å². The third-order valence-corrected chi connectivity index (χ3v) is 8.51. The highest BCUT2D eigenvalue weighted by molar-refractivity contribution is 7.90. The summed E-state index contributed by atoms with van der Waals surface area (Å²) in [6.45, 7) is 5.82. The summed E-state index contributed by atoms with van der Waals surface area (Å²) in [6, 6.07) is 20.9. The number of benzene rings is 3. The van der Waals surface area contributed by atoms with Crippen LogP contribution in [0.15, 0.2) is 78.9 Å². The van der Waals surface area contributed by atoms with E-state index in [4.69, 9.17) is 0 Å². The number of amides is 2. The van der Waals surface area contributed by atoms with E-state index < -0.39 is 34.5 Å². The Balaban J connectivity index is 2.09. The van der Waals surface area contributed by atoms with Gasteiger partial charge in [0.25, 0.3) is 0 Å². The van der Waals surface area contributed by atoms with E-state index in [0.717, 1.165) is 37.4 Å². The van der Waals surface area contributed by atoms with Crippen LogP contribution in [0.2, 0.25) is 0 Å². The van der Waals surface area contributed by atoms with Crippen LogP contribution in [0.1, 0.15) is 30.5 Å². The number of rotatable bonds is 13. The zero-order chi connectivity index (χ0) is 30.2. The van der Waals surface area contributed by atoms with E-state index in [1.165, 1.54) is 31.1 Å². The van der Waals surface area contributed by atoms with Crippen molar-refractivity contribution in [2.24, 2.45) is 5.92 Å². The average Bonchev–Trinajstić information content (AvgIpc) is 2.94. The Morgan fingerprint density at radius 3 is 2.10 bits per heavy atom. The molecule has 10 heteroatoms. The van der Waals surface area contributed by atoms with Gasteiger partial charge in [0.05, 0.1) is 5.69 Å². The summed E-state index contributed by atoms with van der Waals surface area (Å²) in [5.41, 5.74) is 2.76. The maximum Gasteiger partial charge on any atom is 0.304 e. The Hall–Kier alpha value is -3.76. The van der Waals surface area contributed by atoms with Crippen LogP contribution in [0, 0.1) is 18.7 Å². The largest absolute Gasteiger partial charge is 0.354 e. The first kappa shape index (κ1) is 31.8. The van der Waals surface area contributed by atoms with Crippen LogP contribution in [0.3, 0.4) is 0 Å². The lowest BCUT2D eigenvalue weighted by Gasteiger charge is -2.34. The number of nitrogens with zero attached hydrogens (tertiary/aromatic N) is 3. The molecule has 0 spiro atoms. The number of anilines is 1. The topological polar surface area (TPSA) is 90.0 Å².